The van der Waals surface area contributed by atoms with Crippen LogP contribution in [0.15, 0.2) is 18.5 Å². The molecule has 0 spiro atoms. The number of aliphatic carboxylic acids is 1. The van der Waals surface area contributed by atoms with Crippen LogP contribution in [0.1, 0.15) is 29.6 Å². The van der Waals surface area contributed by atoms with Crippen molar-refractivity contribution >= 4 is 11.9 Å². The average molecular weight is 222 g/mol. The maximum absolute atomic E-state index is 12.0. The van der Waals surface area contributed by atoms with Crippen LogP contribution in [0.3, 0.4) is 0 Å². The number of hydrogen-bond acceptors (Lipinski definition) is 2. The molecule has 16 heavy (non-hydrogen) atoms. The Morgan fingerprint density at radius 2 is 2.25 bits per heavy atom. The van der Waals surface area contributed by atoms with Crippen molar-refractivity contribution in [3.8, 4) is 0 Å². The van der Waals surface area contributed by atoms with Crippen LogP contribution in [0, 0.1) is 0 Å². The minimum atomic E-state index is -0.913. The Kier molecular flexibility index (Phi) is 2.94. The third-order valence-corrected chi connectivity index (χ3v) is 2.89. The van der Waals surface area contributed by atoms with Gasteiger partial charge in [-0.3, -0.25) is 4.79 Å². The molecule has 0 saturated carbocycles. The van der Waals surface area contributed by atoms with E-state index >= 15 is 0 Å². The Bertz CT molecular complexity index is 386. The van der Waals surface area contributed by atoms with E-state index in [1.165, 1.54) is 4.90 Å². The fraction of sp³-hybridized carbons (Fsp3) is 0.455. The maximum Gasteiger partial charge on any atom is 0.326 e. The van der Waals surface area contributed by atoms with Crippen LogP contribution >= 0.6 is 0 Å². The number of hydrogen-bond donors (Lipinski definition) is 2. The molecule has 1 unspecified atom stereocenters. The molecule has 1 fully saturated rings. The Morgan fingerprint density at radius 3 is 2.88 bits per heavy atom. The first-order valence-corrected chi connectivity index (χ1v) is 5.36. The van der Waals surface area contributed by atoms with E-state index in [1.54, 1.807) is 18.5 Å². The molecule has 1 amide bonds. The van der Waals surface area contributed by atoms with Crippen molar-refractivity contribution in [1.29, 1.82) is 0 Å². The fourth-order valence-corrected chi connectivity index (χ4v) is 2.05. The predicted octanol–water partition coefficient (Wildman–Crippen LogP) is 1.09. The molecular weight excluding hydrogens is 208 g/mol. The summed E-state index contributed by atoms with van der Waals surface area (Å²) in [6.07, 6.45) is 5.54. The largest absolute Gasteiger partial charge is 0.480 e. The molecule has 0 bridgehead atoms. The van der Waals surface area contributed by atoms with E-state index in [0.717, 1.165) is 12.8 Å². The second-order valence-electron chi connectivity index (χ2n) is 3.95. The summed E-state index contributed by atoms with van der Waals surface area (Å²) in [5.74, 6) is -1.11. The standard InChI is InChI=1S/C11H14N2O3/c14-10(8-4-5-12-7-8)13-6-2-1-3-9(13)11(15)16/h4-5,7,9,12H,1-3,6H2,(H,15,16). The zero-order valence-electron chi connectivity index (χ0n) is 8.85. The SMILES string of the molecule is O=C(O)C1CCCCN1C(=O)c1cc[nH]c1. The molecule has 1 aromatic rings. The van der Waals surface area contributed by atoms with Crippen LogP contribution in [0.5, 0.6) is 0 Å². The van der Waals surface area contributed by atoms with Crippen molar-refractivity contribution in [2.45, 2.75) is 25.3 Å². The minimum absolute atomic E-state index is 0.201. The highest BCUT2D eigenvalue weighted by molar-refractivity contribution is 5.96. The summed E-state index contributed by atoms with van der Waals surface area (Å²) in [6, 6.07) is 0.992. The van der Waals surface area contributed by atoms with E-state index in [4.69, 9.17) is 5.11 Å². The van der Waals surface area contributed by atoms with Crippen LogP contribution in [0.2, 0.25) is 0 Å². The quantitative estimate of drug-likeness (QED) is 0.786. The van der Waals surface area contributed by atoms with Crippen LogP contribution in [-0.4, -0.2) is 39.5 Å². The highest BCUT2D eigenvalue weighted by Crippen LogP contribution is 2.19. The number of rotatable bonds is 2. The second-order valence-corrected chi connectivity index (χ2v) is 3.95. The van der Waals surface area contributed by atoms with E-state index in [-0.39, 0.29) is 5.91 Å². The number of nitrogens with zero attached hydrogens (tertiary/aromatic N) is 1. The Morgan fingerprint density at radius 1 is 1.44 bits per heavy atom. The van der Waals surface area contributed by atoms with Gasteiger partial charge in [-0.1, -0.05) is 0 Å². The first-order valence-electron chi connectivity index (χ1n) is 5.36. The number of amides is 1. The van der Waals surface area contributed by atoms with Gasteiger partial charge in [0.05, 0.1) is 5.56 Å². The smallest absolute Gasteiger partial charge is 0.326 e. The molecule has 2 N–H and O–H groups in total. The number of likely N-dealkylation sites (tertiary alicyclic amines) is 1. The summed E-state index contributed by atoms with van der Waals surface area (Å²) in [7, 11) is 0. The minimum Gasteiger partial charge on any atom is -0.480 e. The predicted molar refractivity (Wildman–Crippen MR) is 57.1 cm³/mol. The number of carboxylic acid groups (broad SMARTS) is 1. The number of carbonyl (C=O) groups is 2. The monoisotopic (exact) mass is 222 g/mol. The van der Waals surface area contributed by atoms with Gasteiger partial charge in [-0.05, 0) is 25.3 Å². The van der Waals surface area contributed by atoms with E-state index < -0.39 is 12.0 Å². The molecule has 5 heteroatoms. The number of carbonyl (C=O) groups excluding carboxylic acids is 1. The molecule has 0 aliphatic carbocycles. The summed E-state index contributed by atoms with van der Waals surface area (Å²) in [4.78, 5) is 27.3. The van der Waals surface area contributed by atoms with Crippen LogP contribution < -0.4 is 0 Å². The number of aromatic amines is 1. The molecular formula is C11H14N2O3. The van der Waals surface area contributed by atoms with Gasteiger partial charge in [0.1, 0.15) is 6.04 Å². The maximum atomic E-state index is 12.0. The topological polar surface area (TPSA) is 73.4 Å². The molecule has 2 rings (SSSR count). The van der Waals surface area contributed by atoms with Crippen molar-refractivity contribution in [2.75, 3.05) is 6.54 Å². The number of H-pyrrole nitrogens is 1. The van der Waals surface area contributed by atoms with Gasteiger partial charge in [-0.15, -0.1) is 0 Å². The second kappa shape index (κ2) is 4.38. The normalized spacial score (nSPS) is 20.8. The highest BCUT2D eigenvalue weighted by Gasteiger charge is 2.32. The van der Waals surface area contributed by atoms with Gasteiger partial charge >= 0.3 is 5.97 Å². The van der Waals surface area contributed by atoms with Crippen molar-refractivity contribution < 1.29 is 14.7 Å². The molecule has 1 aromatic heterocycles. The lowest BCUT2D eigenvalue weighted by Gasteiger charge is -2.32. The van der Waals surface area contributed by atoms with E-state index in [2.05, 4.69) is 4.98 Å². The first-order chi connectivity index (χ1) is 7.70. The van der Waals surface area contributed by atoms with Crippen LogP contribution in [-0.2, 0) is 4.79 Å². The Hall–Kier alpha value is -1.78. The highest BCUT2D eigenvalue weighted by atomic mass is 16.4. The number of carboxylic acids is 1. The average Bonchev–Trinajstić information content (AvgIpc) is 2.81. The van der Waals surface area contributed by atoms with Gasteiger partial charge in [0.25, 0.3) is 5.91 Å². The molecule has 1 aliphatic rings. The van der Waals surface area contributed by atoms with Gasteiger partial charge in [-0.2, -0.15) is 0 Å². The third-order valence-electron chi connectivity index (χ3n) is 2.89. The summed E-state index contributed by atoms with van der Waals surface area (Å²) in [6.45, 7) is 0.529. The van der Waals surface area contributed by atoms with Crippen molar-refractivity contribution in [3.05, 3.63) is 24.0 Å². The van der Waals surface area contributed by atoms with Gasteiger partial charge in [0, 0.05) is 18.9 Å². The molecule has 2 heterocycles. The van der Waals surface area contributed by atoms with E-state index in [9.17, 15) is 9.59 Å². The van der Waals surface area contributed by atoms with E-state index in [0.29, 0.717) is 18.5 Å². The first kappa shape index (κ1) is 10.7. The van der Waals surface area contributed by atoms with Crippen molar-refractivity contribution in [1.82, 2.24) is 9.88 Å². The number of piperidine rings is 1. The molecule has 0 aromatic carbocycles. The summed E-state index contributed by atoms with van der Waals surface area (Å²) < 4.78 is 0. The molecule has 1 atom stereocenters. The zero-order chi connectivity index (χ0) is 11.5. The number of aromatic nitrogens is 1. The van der Waals surface area contributed by atoms with Gasteiger partial charge in [0.2, 0.25) is 0 Å². The third kappa shape index (κ3) is 1.93. The van der Waals surface area contributed by atoms with Crippen molar-refractivity contribution in [2.24, 2.45) is 0 Å². The van der Waals surface area contributed by atoms with Crippen LogP contribution in [0.4, 0.5) is 0 Å². The van der Waals surface area contributed by atoms with Crippen molar-refractivity contribution in [3.63, 3.8) is 0 Å². The number of nitrogens with one attached hydrogen (secondary N) is 1. The van der Waals surface area contributed by atoms with Gasteiger partial charge < -0.3 is 15.0 Å². The van der Waals surface area contributed by atoms with Crippen LogP contribution in [0.25, 0.3) is 0 Å². The van der Waals surface area contributed by atoms with E-state index in [1.807, 2.05) is 0 Å². The molecule has 1 aliphatic heterocycles. The summed E-state index contributed by atoms with van der Waals surface area (Å²) >= 11 is 0. The molecule has 5 nitrogen and oxygen atoms in total. The lowest BCUT2D eigenvalue weighted by atomic mass is 10.0. The fourth-order valence-electron chi connectivity index (χ4n) is 2.05. The summed E-state index contributed by atoms with van der Waals surface area (Å²) in [5, 5.41) is 9.05. The zero-order valence-corrected chi connectivity index (χ0v) is 8.85. The van der Waals surface area contributed by atoms with Gasteiger partial charge in [-0.25, -0.2) is 4.79 Å². The lowest BCUT2D eigenvalue weighted by Crippen LogP contribution is -2.47. The molecule has 86 valence electrons. The van der Waals surface area contributed by atoms with Gasteiger partial charge in [0.15, 0.2) is 0 Å². The lowest BCUT2D eigenvalue weighted by molar-refractivity contribution is -0.143. The molecule has 0 radical (unpaired) electrons. The molecule has 1 saturated heterocycles. The Labute approximate surface area is 93.1 Å². The summed E-state index contributed by atoms with van der Waals surface area (Å²) in [5.41, 5.74) is 0.521. The Balaban J connectivity index is 2.17.